The lowest BCUT2D eigenvalue weighted by Gasteiger charge is -2.25. The van der Waals surface area contributed by atoms with Gasteiger partial charge < -0.3 is 15.5 Å². The van der Waals surface area contributed by atoms with Gasteiger partial charge in [0.25, 0.3) is 0 Å². The molecule has 0 fully saturated rings. The Bertz CT molecular complexity index is 501. The van der Waals surface area contributed by atoms with E-state index in [1.54, 1.807) is 49.1 Å². The fraction of sp³-hybridized carbons (Fsp3) is 0.688. The van der Waals surface area contributed by atoms with Crippen molar-refractivity contribution in [2.24, 2.45) is 11.7 Å². The number of hydrogen-bond acceptors (Lipinski definition) is 4. The highest BCUT2D eigenvalue weighted by Crippen LogP contribution is 2.08. The third kappa shape index (κ3) is 5.67. The molecule has 2 atom stereocenters. The molecule has 2 N–H and O–H groups in total. The Morgan fingerprint density at radius 3 is 2.39 bits per heavy atom. The molecule has 1 rings (SSSR count). The summed E-state index contributed by atoms with van der Waals surface area (Å²) >= 11 is 0. The van der Waals surface area contributed by atoms with Crippen LogP contribution in [0.4, 0.5) is 0 Å². The van der Waals surface area contributed by atoms with E-state index in [-0.39, 0.29) is 24.4 Å². The van der Waals surface area contributed by atoms with Crippen molar-refractivity contribution in [1.82, 2.24) is 19.6 Å². The summed E-state index contributed by atoms with van der Waals surface area (Å²) in [5.74, 6) is 0.150. The van der Waals surface area contributed by atoms with Crippen LogP contribution in [0.3, 0.4) is 0 Å². The molecule has 2 amide bonds. The minimum absolute atomic E-state index is 0.0534. The predicted octanol–water partition coefficient (Wildman–Crippen LogP) is 0.734. The molecule has 1 aromatic rings. The van der Waals surface area contributed by atoms with E-state index in [9.17, 15) is 9.59 Å². The Labute approximate surface area is 138 Å². The van der Waals surface area contributed by atoms with Gasteiger partial charge in [-0.3, -0.25) is 14.3 Å². The maximum Gasteiger partial charge on any atom is 0.247 e. The lowest BCUT2D eigenvalue weighted by molar-refractivity contribution is -0.140. The second-order valence-electron chi connectivity index (χ2n) is 6.37. The van der Waals surface area contributed by atoms with Crippen LogP contribution in [-0.4, -0.2) is 64.6 Å². The summed E-state index contributed by atoms with van der Waals surface area (Å²) in [6, 6.07) is 1.41. The van der Waals surface area contributed by atoms with Gasteiger partial charge in [0.1, 0.15) is 6.04 Å². The van der Waals surface area contributed by atoms with Gasteiger partial charge in [-0.1, -0.05) is 13.8 Å². The fourth-order valence-corrected chi connectivity index (χ4v) is 2.14. The van der Waals surface area contributed by atoms with E-state index >= 15 is 0 Å². The molecule has 0 aromatic carbocycles. The topological polar surface area (TPSA) is 84.5 Å². The lowest BCUT2D eigenvalue weighted by Crippen LogP contribution is -2.43. The van der Waals surface area contributed by atoms with Gasteiger partial charge in [-0.2, -0.15) is 5.10 Å². The molecule has 1 aromatic heterocycles. The summed E-state index contributed by atoms with van der Waals surface area (Å²) in [5, 5.41) is 4.06. The highest BCUT2D eigenvalue weighted by Gasteiger charge is 2.22. The van der Waals surface area contributed by atoms with Crippen LogP contribution in [0.1, 0.15) is 33.2 Å². The van der Waals surface area contributed by atoms with Crippen molar-refractivity contribution in [3.63, 3.8) is 0 Å². The number of rotatable bonds is 8. The van der Waals surface area contributed by atoms with E-state index in [4.69, 9.17) is 5.73 Å². The van der Waals surface area contributed by atoms with Gasteiger partial charge in [-0.25, -0.2) is 0 Å². The summed E-state index contributed by atoms with van der Waals surface area (Å²) in [6.45, 7) is 6.54. The van der Waals surface area contributed by atoms with Crippen LogP contribution in [0.2, 0.25) is 0 Å². The van der Waals surface area contributed by atoms with Crippen molar-refractivity contribution in [2.45, 2.75) is 39.3 Å². The van der Waals surface area contributed by atoms with Gasteiger partial charge in [0.2, 0.25) is 11.8 Å². The lowest BCUT2D eigenvalue weighted by atomic mass is 10.0. The molecule has 0 radical (unpaired) electrons. The molecular weight excluding hydrogens is 294 g/mol. The van der Waals surface area contributed by atoms with Crippen molar-refractivity contribution in [3.8, 4) is 0 Å². The number of amides is 2. The van der Waals surface area contributed by atoms with Crippen LogP contribution in [0.25, 0.3) is 0 Å². The first-order valence-corrected chi connectivity index (χ1v) is 7.97. The van der Waals surface area contributed by atoms with Crippen molar-refractivity contribution in [3.05, 3.63) is 18.5 Å². The van der Waals surface area contributed by atoms with E-state index in [0.29, 0.717) is 12.5 Å². The largest absolute Gasteiger partial charge is 0.344 e. The number of carbonyl (C=O) groups is 2. The first-order chi connectivity index (χ1) is 10.7. The first-order valence-electron chi connectivity index (χ1n) is 7.97. The molecule has 23 heavy (non-hydrogen) atoms. The van der Waals surface area contributed by atoms with Crippen LogP contribution in [0, 0.1) is 5.92 Å². The van der Waals surface area contributed by atoms with Crippen molar-refractivity contribution >= 4 is 11.8 Å². The SMILES string of the molecule is CC(C)C(N)CCN(C)C(=O)CN(C)C(=O)C(C)n1cccn1. The normalized spacial score (nSPS) is 13.7. The zero-order chi connectivity index (χ0) is 17.6. The van der Waals surface area contributed by atoms with Gasteiger partial charge in [0.05, 0.1) is 6.54 Å². The number of aromatic nitrogens is 2. The third-order valence-electron chi connectivity index (χ3n) is 4.11. The molecule has 0 aliphatic carbocycles. The Morgan fingerprint density at radius 2 is 1.87 bits per heavy atom. The van der Waals surface area contributed by atoms with Crippen molar-refractivity contribution in [2.75, 3.05) is 27.2 Å². The standard InChI is InChI=1S/C16H29N5O2/c1-12(2)14(17)7-10-19(4)15(22)11-20(5)16(23)13(3)21-9-6-8-18-21/h6,8-9,12-14H,7,10-11,17H2,1-5H3. The minimum Gasteiger partial charge on any atom is -0.344 e. The molecule has 0 spiro atoms. The molecule has 2 unspecified atom stereocenters. The third-order valence-corrected chi connectivity index (χ3v) is 4.11. The van der Waals surface area contributed by atoms with Gasteiger partial charge in [-0.05, 0) is 25.3 Å². The van der Waals surface area contributed by atoms with Crippen LogP contribution in [0.15, 0.2) is 18.5 Å². The van der Waals surface area contributed by atoms with Gasteiger partial charge >= 0.3 is 0 Å². The van der Waals surface area contributed by atoms with Crippen LogP contribution >= 0.6 is 0 Å². The molecule has 0 aliphatic heterocycles. The van der Waals surface area contributed by atoms with Crippen LogP contribution < -0.4 is 5.73 Å². The zero-order valence-corrected chi connectivity index (χ0v) is 14.8. The summed E-state index contributed by atoms with van der Waals surface area (Å²) in [7, 11) is 3.37. The van der Waals surface area contributed by atoms with Gasteiger partial charge in [0, 0.05) is 39.1 Å². The Morgan fingerprint density at radius 1 is 1.22 bits per heavy atom. The zero-order valence-electron chi connectivity index (χ0n) is 14.8. The molecular formula is C16H29N5O2. The average molecular weight is 323 g/mol. The summed E-state index contributed by atoms with van der Waals surface area (Å²) in [5.41, 5.74) is 6.00. The van der Waals surface area contributed by atoms with Crippen LogP contribution in [-0.2, 0) is 9.59 Å². The number of likely N-dealkylation sites (N-methyl/N-ethyl adjacent to an activating group) is 2. The van der Waals surface area contributed by atoms with E-state index in [0.717, 1.165) is 6.42 Å². The average Bonchev–Trinajstić information content (AvgIpc) is 3.04. The summed E-state index contributed by atoms with van der Waals surface area (Å²) in [6.07, 6.45) is 4.11. The first kappa shape index (κ1) is 19.2. The fourth-order valence-electron chi connectivity index (χ4n) is 2.14. The second kappa shape index (κ2) is 8.67. The predicted molar refractivity (Wildman–Crippen MR) is 89.6 cm³/mol. The Kier molecular flexibility index (Phi) is 7.22. The maximum absolute atomic E-state index is 12.3. The number of hydrogen-bond donors (Lipinski definition) is 1. The molecule has 130 valence electrons. The number of carbonyl (C=O) groups excluding carboxylic acids is 2. The second-order valence-corrected chi connectivity index (χ2v) is 6.37. The van der Waals surface area contributed by atoms with E-state index in [1.807, 2.05) is 0 Å². The highest BCUT2D eigenvalue weighted by molar-refractivity contribution is 5.86. The highest BCUT2D eigenvalue weighted by atomic mass is 16.2. The molecule has 0 bridgehead atoms. The van der Waals surface area contributed by atoms with Crippen molar-refractivity contribution < 1.29 is 9.59 Å². The molecule has 0 saturated carbocycles. The smallest absolute Gasteiger partial charge is 0.247 e. The molecule has 0 aliphatic rings. The van der Waals surface area contributed by atoms with Crippen molar-refractivity contribution in [1.29, 1.82) is 0 Å². The van der Waals surface area contributed by atoms with E-state index in [2.05, 4.69) is 18.9 Å². The number of nitrogens with two attached hydrogens (primary N) is 1. The molecule has 0 saturated heterocycles. The number of nitrogens with zero attached hydrogens (tertiary/aromatic N) is 4. The summed E-state index contributed by atoms with van der Waals surface area (Å²) < 4.78 is 1.58. The monoisotopic (exact) mass is 323 g/mol. The van der Waals surface area contributed by atoms with Gasteiger partial charge in [0.15, 0.2) is 0 Å². The maximum atomic E-state index is 12.3. The summed E-state index contributed by atoms with van der Waals surface area (Å²) in [4.78, 5) is 27.6. The Balaban J connectivity index is 2.47. The van der Waals surface area contributed by atoms with E-state index < -0.39 is 6.04 Å². The minimum atomic E-state index is -0.428. The van der Waals surface area contributed by atoms with Crippen LogP contribution in [0.5, 0.6) is 0 Å². The molecule has 1 heterocycles. The Hall–Kier alpha value is -1.89. The molecule has 7 nitrogen and oxygen atoms in total. The van der Waals surface area contributed by atoms with Gasteiger partial charge in [-0.15, -0.1) is 0 Å². The van der Waals surface area contributed by atoms with E-state index in [1.165, 1.54) is 4.90 Å². The molecule has 7 heteroatoms. The quantitative estimate of drug-likeness (QED) is 0.764.